The van der Waals surface area contributed by atoms with E-state index in [1.54, 1.807) is 12.1 Å². The van der Waals surface area contributed by atoms with Crippen LogP contribution in [0.2, 0.25) is 0 Å². The fourth-order valence-electron chi connectivity index (χ4n) is 2.26. The van der Waals surface area contributed by atoms with E-state index in [1.165, 1.54) is 6.07 Å². The molecule has 6 heteroatoms. The minimum Gasteiger partial charge on any atom is -0.279 e. The fourth-order valence-corrected chi connectivity index (χ4v) is 2.87. The van der Waals surface area contributed by atoms with Gasteiger partial charge in [0.25, 0.3) is 10.0 Å². The van der Waals surface area contributed by atoms with Crippen molar-refractivity contribution in [2.24, 2.45) is 0 Å². The zero-order valence-corrected chi connectivity index (χ0v) is 14.0. The molecule has 0 fully saturated rings. The second kappa shape index (κ2) is 6.28. The van der Waals surface area contributed by atoms with E-state index in [0.717, 1.165) is 16.7 Å². The average Bonchev–Trinajstić information content (AvgIpc) is 2.46. The lowest BCUT2D eigenvalue weighted by molar-refractivity contribution is 0.115. The molecular weight excluding hydrogens is 320 g/mol. The summed E-state index contributed by atoms with van der Waals surface area (Å²) in [4.78, 5) is 0. The number of hydrogen-bond donors (Lipinski definition) is 1. The summed E-state index contributed by atoms with van der Waals surface area (Å²) in [5.41, 5.74) is 2.94. The van der Waals surface area contributed by atoms with Gasteiger partial charge in [-0.3, -0.25) is 4.72 Å². The molecule has 0 atom stereocenters. The largest absolute Gasteiger partial charge is 0.361 e. The van der Waals surface area contributed by atoms with Crippen LogP contribution in [-0.2, 0) is 10.0 Å². The molecule has 3 nitrogen and oxygen atoms in total. The lowest BCUT2D eigenvalue weighted by Gasteiger charge is -2.16. The molecule has 124 valence electrons. The first kappa shape index (κ1) is 17.4. The third-order valence-corrected chi connectivity index (χ3v) is 4.93. The topological polar surface area (TPSA) is 46.2 Å². The summed E-state index contributed by atoms with van der Waals surface area (Å²) in [7, 11) is -4.76. The summed E-state index contributed by atoms with van der Waals surface area (Å²) in [5, 5.41) is -3.85. The van der Waals surface area contributed by atoms with Gasteiger partial charge in [0.05, 0.1) is 0 Å². The number of alkyl halides is 2. The van der Waals surface area contributed by atoms with Gasteiger partial charge < -0.3 is 0 Å². The van der Waals surface area contributed by atoms with Crippen LogP contribution in [0, 0.1) is 0 Å². The number of halogens is 2. The Balaban J connectivity index is 2.43. The Morgan fingerprint density at radius 2 is 1.70 bits per heavy atom. The van der Waals surface area contributed by atoms with E-state index in [-0.39, 0.29) is 11.6 Å². The van der Waals surface area contributed by atoms with E-state index >= 15 is 0 Å². The van der Waals surface area contributed by atoms with Crippen LogP contribution in [0.5, 0.6) is 0 Å². The van der Waals surface area contributed by atoms with Crippen molar-refractivity contribution in [1.29, 1.82) is 0 Å². The normalized spacial score (nSPS) is 12.4. The van der Waals surface area contributed by atoms with Gasteiger partial charge in [-0.2, -0.15) is 8.78 Å². The van der Waals surface area contributed by atoms with Crippen LogP contribution < -0.4 is 4.72 Å². The third-order valence-electron chi connectivity index (χ3n) is 3.48. The molecule has 0 spiro atoms. The Labute approximate surface area is 135 Å². The number of hydrogen-bond acceptors (Lipinski definition) is 2. The standard InChI is InChI=1S/C17H19F2NO2S/c1-12(2)15-9-4-5-10-16(15)13-7-6-8-14(11-13)20-23(21,22)17(3,18)19/h4-12,20H,1-3H3. The molecule has 0 aromatic heterocycles. The molecule has 0 bridgehead atoms. The molecule has 2 aromatic rings. The summed E-state index contributed by atoms with van der Waals surface area (Å²) in [6.07, 6.45) is 0. The first-order chi connectivity index (χ1) is 10.6. The molecule has 0 radical (unpaired) electrons. The van der Waals surface area contributed by atoms with Gasteiger partial charge in [0.1, 0.15) is 0 Å². The highest BCUT2D eigenvalue weighted by molar-refractivity contribution is 7.93. The molecule has 23 heavy (non-hydrogen) atoms. The van der Waals surface area contributed by atoms with Crippen LogP contribution >= 0.6 is 0 Å². The van der Waals surface area contributed by atoms with Crippen LogP contribution in [0.25, 0.3) is 11.1 Å². The van der Waals surface area contributed by atoms with Crippen molar-refractivity contribution in [3.05, 3.63) is 54.1 Å². The zero-order valence-electron chi connectivity index (χ0n) is 13.2. The lowest BCUT2D eigenvalue weighted by Crippen LogP contribution is -2.31. The highest BCUT2D eigenvalue weighted by Crippen LogP contribution is 2.31. The molecule has 0 unspecified atom stereocenters. The van der Waals surface area contributed by atoms with Gasteiger partial charge in [0, 0.05) is 12.6 Å². The molecule has 0 aliphatic rings. The van der Waals surface area contributed by atoms with Crippen LogP contribution in [-0.4, -0.2) is 13.7 Å². The Morgan fingerprint density at radius 1 is 1.04 bits per heavy atom. The van der Waals surface area contributed by atoms with Crippen molar-refractivity contribution in [1.82, 2.24) is 0 Å². The maximum Gasteiger partial charge on any atom is 0.361 e. The molecule has 0 saturated heterocycles. The van der Waals surface area contributed by atoms with E-state index in [4.69, 9.17) is 0 Å². The molecule has 0 aliphatic carbocycles. The van der Waals surface area contributed by atoms with Crippen molar-refractivity contribution in [3.63, 3.8) is 0 Å². The predicted octanol–water partition coefficient (Wildman–Crippen LogP) is 4.83. The van der Waals surface area contributed by atoms with E-state index in [1.807, 2.05) is 35.1 Å². The van der Waals surface area contributed by atoms with Gasteiger partial charge in [-0.1, -0.05) is 50.2 Å². The average molecular weight is 339 g/mol. The summed E-state index contributed by atoms with van der Waals surface area (Å²) in [5.74, 6) is 0.284. The second-order valence-electron chi connectivity index (χ2n) is 5.74. The Bertz CT molecular complexity index is 796. The lowest BCUT2D eigenvalue weighted by atomic mass is 9.92. The minimum atomic E-state index is -4.76. The maximum atomic E-state index is 13.1. The third kappa shape index (κ3) is 3.88. The highest BCUT2D eigenvalue weighted by Gasteiger charge is 2.39. The van der Waals surface area contributed by atoms with Gasteiger partial charge in [0.15, 0.2) is 0 Å². The quantitative estimate of drug-likeness (QED) is 0.848. The molecule has 0 heterocycles. The number of anilines is 1. The Kier molecular flexibility index (Phi) is 4.75. The first-order valence-corrected chi connectivity index (χ1v) is 8.69. The van der Waals surface area contributed by atoms with E-state index in [2.05, 4.69) is 13.8 Å². The SMILES string of the molecule is CC(C)c1ccccc1-c1cccc(NS(=O)(=O)C(C)(F)F)c1. The van der Waals surface area contributed by atoms with Crippen molar-refractivity contribution in [2.45, 2.75) is 31.9 Å². The Hall–Kier alpha value is -1.95. The Morgan fingerprint density at radius 3 is 2.30 bits per heavy atom. The van der Waals surface area contributed by atoms with E-state index < -0.39 is 15.3 Å². The monoisotopic (exact) mass is 339 g/mol. The molecule has 1 N–H and O–H groups in total. The summed E-state index contributed by atoms with van der Waals surface area (Å²) in [6.45, 7) is 4.47. The summed E-state index contributed by atoms with van der Waals surface area (Å²) < 4.78 is 51.4. The van der Waals surface area contributed by atoms with E-state index in [0.29, 0.717) is 6.92 Å². The smallest absolute Gasteiger partial charge is 0.279 e. The maximum absolute atomic E-state index is 13.1. The van der Waals surface area contributed by atoms with Gasteiger partial charge in [-0.25, -0.2) is 8.42 Å². The van der Waals surface area contributed by atoms with Crippen molar-refractivity contribution < 1.29 is 17.2 Å². The number of nitrogens with one attached hydrogen (secondary N) is 1. The second-order valence-corrected chi connectivity index (χ2v) is 7.66. The van der Waals surface area contributed by atoms with Crippen molar-refractivity contribution >= 4 is 15.7 Å². The van der Waals surface area contributed by atoms with Gasteiger partial charge in [-0.05, 0) is 34.7 Å². The van der Waals surface area contributed by atoms with Gasteiger partial charge in [-0.15, -0.1) is 0 Å². The number of benzene rings is 2. The van der Waals surface area contributed by atoms with Crippen LogP contribution in [0.1, 0.15) is 32.3 Å². The van der Waals surface area contributed by atoms with Crippen LogP contribution in [0.4, 0.5) is 14.5 Å². The zero-order chi connectivity index (χ0) is 17.3. The van der Waals surface area contributed by atoms with Crippen LogP contribution in [0.3, 0.4) is 0 Å². The van der Waals surface area contributed by atoms with Gasteiger partial charge >= 0.3 is 5.25 Å². The fraction of sp³-hybridized carbons (Fsp3) is 0.294. The van der Waals surface area contributed by atoms with Crippen molar-refractivity contribution in [2.75, 3.05) is 4.72 Å². The number of sulfonamides is 1. The van der Waals surface area contributed by atoms with Crippen LogP contribution in [0.15, 0.2) is 48.5 Å². The molecule has 0 amide bonds. The molecule has 2 aromatic carbocycles. The van der Waals surface area contributed by atoms with Gasteiger partial charge in [0.2, 0.25) is 0 Å². The summed E-state index contributed by atoms with van der Waals surface area (Å²) in [6, 6.07) is 14.2. The van der Waals surface area contributed by atoms with E-state index in [9.17, 15) is 17.2 Å². The summed E-state index contributed by atoms with van der Waals surface area (Å²) >= 11 is 0. The highest BCUT2D eigenvalue weighted by atomic mass is 32.2. The van der Waals surface area contributed by atoms with Crippen molar-refractivity contribution in [3.8, 4) is 11.1 Å². The number of rotatable bonds is 5. The molecular formula is C17H19F2NO2S. The molecule has 0 aliphatic heterocycles. The molecule has 0 saturated carbocycles. The first-order valence-electron chi connectivity index (χ1n) is 7.21. The minimum absolute atomic E-state index is 0.114. The molecule has 2 rings (SSSR count). The predicted molar refractivity (Wildman–Crippen MR) is 89.1 cm³/mol.